The van der Waals surface area contributed by atoms with Crippen molar-refractivity contribution in [2.75, 3.05) is 18.2 Å². The normalized spacial score (nSPS) is 10.9. The van der Waals surface area contributed by atoms with Crippen LogP contribution in [0.15, 0.2) is 45.7 Å². The quantitative estimate of drug-likeness (QED) is 0.301. The molecule has 0 fully saturated rings. The molecule has 0 aliphatic rings. The Kier molecular flexibility index (Phi) is 6.77. The Bertz CT molecular complexity index is 1480. The summed E-state index contributed by atoms with van der Waals surface area (Å²) in [5, 5.41) is 15.0. The van der Waals surface area contributed by atoms with Gasteiger partial charge in [-0.15, -0.1) is 11.3 Å². The van der Waals surface area contributed by atoms with E-state index in [0.717, 1.165) is 16.9 Å². The van der Waals surface area contributed by atoms with Crippen LogP contribution in [0, 0.1) is 25.2 Å². The van der Waals surface area contributed by atoms with Crippen molar-refractivity contribution in [1.29, 1.82) is 5.26 Å². The van der Waals surface area contributed by atoms with Crippen molar-refractivity contribution in [2.24, 2.45) is 0 Å². The highest BCUT2D eigenvalue weighted by molar-refractivity contribution is 7.99. The van der Waals surface area contributed by atoms with Crippen LogP contribution in [0.25, 0.3) is 15.9 Å². The van der Waals surface area contributed by atoms with E-state index in [2.05, 4.69) is 16.4 Å². The maximum absolute atomic E-state index is 13.0. The summed E-state index contributed by atoms with van der Waals surface area (Å²) in [7, 11) is 1.60. The van der Waals surface area contributed by atoms with Crippen molar-refractivity contribution in [3.05, 3.63) is 62.9 Å². The molecule has 174 valence electrons. The molecule has 3 aromatic heterocycles. The van der Waals surface area contributed by atoms with Crippen molar-refractivity contribution in [1.82, 2.24) is 14.1 Å². The van der Waals surface area contributed by atoms with Gasteiger partial charge in [-0.2, -0.15) is 5.26 Å². The van der Waals surface area contributed by atoms with Gasteiger partial charge < -0.3 is 10.1 Å². The summed E-state index contributed by atoms with van der Waals surface area (Å²) in [6, 6.07) is 11.4. The second-order valence-corrected chi connectivity index (χ2v) is 9.35. The number of thioether (sulfide) groups is 1. The Labute approximate surface area is 204 Å². The molecule has 34 heavy (non-hydrogen) atoms. The summed E-state index contributed by atoms with van der Waals surface area (Å²) in [5.74, 6) is 0.877. The Balaban J connectivity index is 1.62. The minimum absolute atomic E-state index is 0.0405. The zero-order chi connectivity index (χ0) is 24.4. The molecule has 4 aromatic rings. The minimum Gasteiger partial charge on any atom is -0.497 e. The van der Waals surface area contributed by atoms with Crippen LogP contribution in [0.4, 0.5) is 5.82 Å². The molecule has 10 heteroatoms. The van der Waals surface area contributed by atoms with Crippen molar-refractivity contribution in [2.45, 2.75) is 32.5 Å². The number of nitrogens with one attached hydrogen (secondary N) is 1. The van der Waals surface area contributed by atoms with Crippen molar-refractivity contribution in [3.8, 4) is 17.5 Å². The lowest BCUT2D eigenvalue weighted by Crippen LogP contribution is -2.23. The van der Waals surface area contributed by atoms with Crippen LogP contribution in [0.5, 0.6) is 5.75 Å². The number of nitrogens with zero attached hydrogens (tertiary/aromatic N) is 4. The molecule has 0 spiro atoms. The number of amides is 1. The standard InChI is InChI=1S/C24H23N5O3S2/c1-5-28-23(31)21-19(10-11-33-21)26-24(28)34-13-20(30)27-22-18(12-25)14(2)15(3)29(22)16-6-8-17(32-4)9-7-16/h6-11H,5,13H2,1-4H3,(H,27,30). The lowest BCUT2D eigenvalue weighted by Gasteiger charge is -2.14. The molecule has 1 aromatic carbocycles. The van der Waals surface area contributed by atoms with Crippen LogP contribution in [0.1, 0.15) is 23.7 Å². The van der Waals surface area contributed by atoms with E-state index in [1.165, 1.54) is 23.1 Å². The first-order valence-corrected chi connectivity index (χ1v) is 12.4. The topological polar surface area (TPSA) is 102 Å². The highest BCUT2D eigenvalue weighted by atomic mass is 32.2. The highest BCUT2D eigenvalue weighted by Gasteiger charge is 2.21. The van der Waals surface area contributed by atoms with Crippen LogP contribution < -0.4 is 15.6 Å². The van der Waals surface area contributed by atoms with E-state index in [0.29, 0.717) is 39.0 Å². The SMILES string of the molecule is CCn1c(SCC(=O)Nc2c(C#N)c(C)c(C)n2-c2ccc(OC)cc2)nc2ccsc2c1=O. The van der Waals surface area contributed by atoms with Crippen LogP contribution in [0.2, 0.25) is 0 Å². The van der Waals surface area contributed by atoms with Gasteiger partial charge >= 0.3 is 0 Å². The number of ether oxygens (including phenoxy) is 1. The first kappa shape index (κ1) is 23.6. The summed E-state index contributed by atoms with van der Waals surface area (Å²) >= 11 is 2.56. The molecule has 0 saturated heterocycles. The number of methoxy groups -OCH3 is 1. The third-order valence-corrected chi connectivity index (χ3v) is 7.46. The summed E-state index contributed by atoms with van der Waals surface area (Å²) in [6.07, 6.45) is 0. The van der Waals surface area contributed by atoms with Gasteiger partial charge in [0.2, 0.25) is 5.91 Å². The zero-order valence-electron chi connectivity index (χ0n) is 19.2. The number of carbonyl (C=O) groups is 1. The van der Waals surface area contributed by atoms with Gasteiger partial charge in [0, 0.05) is 17.9 Å². The van der Waals surface area contributed by atoms with E-state index < -0.39 is 0 Å². The Morgan fingerprint density at radius 2 is 2.00 bits per heavy atom. The number of rotatable bonds is 7. The molecule has 0 radical (unpaired) electrons. The lowest BCUT2D eigenvalue weighted by molar-refractivity contribution is -0.113. The van der Waals surface area contributed by atoms with Gasteiger partial charge in [-0.3, -0.25) is 18.7 Å². The van der Waals surface area contributed by atoms with Gasteiger partial charge in [-0.05, 0) is 62.0 Å². The fourth-order valence-electron chi connectivity index (χ4n) is 3.73. The van der Waals surface area contributed by atoms with Gasteiger partial charge in [0.15, 0.2) is 5.16 Å². The minimum atomic E-state index is -0.295. The molecule has 1 amide bonds. The first-order chi connectivity index (χ1) is 16.4. The average molecular weight is 494 g/mol. The highest BCUT2D eigenvalue weighted by Crippen LogP contribution is 2.31. The molecule has 0 unspecified atom stereocenters. The van der Waals surface area contributed by atoms with E-state index in [1.807, 2.05) is 55.0 Å². The molecule has 4 rings (SSSR count). The second-order valence-electron chi connectivity index (χ2n) is 7.49. The van der Waals surface area contributed by atoms with Crippen molar-refractivity contribution >= 4 is 45.0 Å². The van der Waals surface area contributed by atoms with E-state index in [1.54, 1.807) is 17.7 Å². The summed E-state index contributed by atoms with van der Waals surface area (Å²) in [4.78, 5) is 30.3. The number of nitriles is 1. The monoisotopic (exact) mass is 493 g/mol. The van der Waals surface area contributed by atoms with Gasteiger partial charge in [0.1, 0.15) is 22.3 Å². The predicted octanol–water partition coefficient (Wildman–Crippen LogP) is 4.50. The van der Waals surface area contributed by atoms with Crippen LogP contribution >= 0.6 is 23.1 Å². The summed E-state index contributed by atoms with van der Waals surface area (Å²) < 4.78 is 9.28. The molecule has 8 nitrogen and oxygen atoms in total. The maximum atomic E-state index is 13.0. The summed E-state index contributed by atoms with van der Waals surface area (Å²) in [6.45, 7) is 6.10. The summed E-state index contributed by atoms with van der Waals surface area (Å²) in [5.41, 5.74) is 3.40. The fraction of sp³-hybridized carbons (Fsp3) is 0.250. The molecular weight excluding hydrogens is 470 g/mol. The smallest absolute Gasteiger partial charge is 0.272 e. The molecule has 0 aliphatic carbocycles. The largest absolute Gasteiger partial charge is 0.497 e. The Morgan fingerprint density at radius 1 is 1.26 bits per heavy atom. The van der Waals surface area contributed by atoms with E-state index in [9.17, 15) is 14.9 Å². The molecule has 0 saturated carbocycles. The predicted molar refractivity (Wildman–Crippen MR) is 135 cm³/mol. The Morgan fingerprint density at radius 3 is 2.65 bits per heavy atom. The second kappa shape index (κ2) is 9.75. The van der Waals surface area contributed by atoms with E-state index >= 15 is 0 Å². The number of fused-ring (bicyclic) bond motifs is 1. The van der Waals surface area contributed by atoms with Crippen LogP contribution in [-0.2, 0) is 11.3 Å². The number of thiophene rings is 1. The number of hydrogen-bond acceptors (Lipinski definition) is 7. The maximum Gasteiger partial charge on any atom is 0.272 e. The third kappa shape index (κ3) is 4.20. The molecule has 0 aliphatic heterocycles. The van der Waals surface area contributed by atoms with Crippen LogP contribution in [-0.4, -0.2) is 32.9 Å². The number of anilines is 1. The molecule has 0 atom stereocenters. The number of aromatic nitrogens is 3. The first-order valence-electron chi connectivity index (χ1n) is 10.6. The zero-order valence-corrected chi connectivity index (χ0v) is 20.8. The van der Waals surface area contributed by atoms with Gasteiger partial charge in [0.25, 0.3) is 5.56 Å². The number of benzene rings is 1. The van der Waals surface area contributed by atoms with E-state index in [-0.39, 0.29) is 17.2 Å². The number of hydrogen-bond donors (Lipinski definition) is 1. The molecule has 3 heterocycles. The molecular formula is C24H23N5O3S2. The molecule has 1 N–H and O–H groups in total. The fourth-order valence-corrected chi connectivity index (χ4v) is 5.37. The number of carbonyl (C=O) groups excluding carboxylic acids is 1. The molecule has 0 bridgehead atoms. The van der Waals surface area contributed by atoms with Gasteiger partial charge in [-0.25, -0.2) is 4.98 Å². The van der Waals surface area contributed by atoms with Crippen molar-refractivity contribution in [3.63, 3.8) is 0 Å². The van der Waals surface area contributed by atoms with Gasteiger partial charge in [0.05, 0.1) is 23.9 Å². The van der Waals surface area contributed by atoms with Crippen LogP contribution in [0.3, 0.4) is 0 Å². The Hall–Kier alpha value is -3.55. The lowest BCUT2D eigenvalue weighted by atomic mass is 10.2. The van der Waals surface area contributed by atoms with E-state index in [4.69, 9.17) is 4.74 Å². The van der Waals surface area contributed by atoms with Gasteiger partial charge in [-0.1, -0.05) is 11.8 Å². The third-order valence-electron chi connectivity index (χ3n) is 5.59. The van der Waals surface area contributed by atoms with Crippen molar-refractivity contribution < 1.29 is 9.53 Å². The average Bonchev–Trinajstić information content (AvgIpc) is 3.40.